The number of aliphatic hydroxyl groups is 2. The molecule has 2 aromatic rings. The van der Waals surface area contributed by atoms with E-state index in [0.29, 0.717) is 6.42 Å². The standard InChI is InChI=1S/C18H24N2O12P2/c1-11-3-2-4-12(9-11)5-7-19-14(21)6-8-20(18(19)24)17-16(23)15(22)13(31-17)10-30-34(28,29)32-33(25,26)27/h2-4,6,8-9,13,15-17,22-23H,5,7,10H2,1H3,(H,28,29)(H2,25,26,27)/t13-,15?,16?,17-/m1/s1. The number of hydrogen-bond donors (Lipinski definition) is 5. The average Bonchev–Trinajstić information content (AvgIpc) is 2.99. The minimum atomic E-state index is -5.35. The third-order valence-electron chi connectivity index (χ3n) is 5.02. The van der Waals surface area contributed by atoms with E-state index in [0.717, 1.165) is 32.5 Å². The zero-order valence-electron chi connectivity index (χ0n) is 17.8. The van der Waals surface area contributed by atoms with Gasteiger partial charge in [-0.15, -0.1) is 0 Å². The SMILES string of the molecule is Cc1cccc(CCn2c(=O)ccn([C@@H]3O[C@H](COP(=O)(O)OP(=O)(O)O)C(O)C3O)c2=O)c1. The number of rotatable bonds is 9. The molecule has 2 heterocycles. The summed E-state index contributed by atoms with van der Waals surface area (Å²) in [6, 6.07) is 8.59. The summed E-state index contributed by atoms with van der Waals surface area (Å²) in [5.74, 6) is 0. The van der Waals surface area contributed by atoms with E-state index in [2.05, 4.69) is 8.83 Å². The molecule has 5 N–H and O–H groups in total. The molecule has 1 aliphatic heterocycles. The van der Waals surface area contributed by atoms with E-state index in [-0.39, 0.29) is 6.54 Å². The predicted octanol–water partition coefficient (Wildman–Crippen LogP) is -0.593. The van der Waals surface area contributed by atoms with Crippen LogP contribution in [-0.2, 0) is 35.7 Å². The van der Waals surface area contributed by atoms with Gasteiger partial charge in [0.25, 0.3) is 5.56 Å². The Balaban J connectivity index is 1.76. The molecule has 1 aliphatic rings. The van der Waals surface area contributed by atoms with Crippen LogP contribution >= 0.6 is 15.6 Å². The van der Waals surface area contributed by atoms with Crippen molar-refractivity contribution >= 4 is 15.6 Å². The molecule has 5 atom stereocenters. The number of benzene rings is 1. The monoisotopic (exact) mass is 522 g/mol. The van der Waals surface area contributed by atoms with Crippen LogP contribution in [-0.4, -0.2) is 58.9 Å². The number of aromatic nitrogens is 2. The number of hydrogen-bond acceptors (Lipinski definition) is 9. The van der Waals surface area contributed by atoms with Crippen molar-refractivity contribution in [1.82, 2.24) is 9.13 Å². The molecule has 0 bridgehead atoms. The molecule has 0 aliphatic carbocycles. The Hall–Kier alpha value is -1.96. The Kier molecular flexibility index (Phi) is 8.10. The first-order valence-electron chi connectivity index (χ1n) is 9.91. The summed E-state index contributed by atoms with van der Waals surface area (Å²) in [6.07, 6.45) is -4.91. The van der Waals surface area contributed by atoms with Crippen LogP contribution in [0.1, 0.15) is 17.4 Å². The molecule has 1 aromatic carbocycles. The number of phosphoric acid groups is 2. The van der Waals surface area contributed by atoms with Crippen molar-refractivity contribution in [1.29, 1.82) is 0 Å². The van der Waals surface area contributed by atoms with Gasteiger partial charge in [-0.2, -0.15) is 4.31 Å². The van der Waals surface area contributed by atoms with Crippen LogP contribution in [0.2, 0.25) is 0 Å². The minimum absolute atomic E-state index is 0.0350. The van der Waals surface area contributed by atoms with Gasteiger partial charge in [-0.1, -0.05) is 29.8 Å². The van der Waals surface area contributed by atoms with Gasteiger partial charge in [-0.25, -0.2) is 13.9 Å². The summed E-state index contributed by atoms with van der Waals surface area (Å²) < 4.78 is 37.6. The lowest BCUT2D eigenvalue weighted by Crippen LogP contribution is -2.43. The summed E-state index contributed by atoms with van der Waals surface area (Å²) in [4.78, 5) is 51.8. The van der Waals surface area contributed by atoms with E-state index < -0.39 is 58.0 Å². The highest BCUT2D eigenvalue weighted by molar-refractivity contribution is 7.60. The number of aliphatic hydroxyl groups excluding tert-OH is 2. The van der Waals surface area contributed by atoms with Gasteiger partial charge in [-0.3, -0.25) is 18.5 Å². The van der Waals surface area contributed by atoms with Gasteiger partial charge >= 0.3 is 21.3 Å². The van der Waals surface area contributed by atoms with Gasteiger partial charge in [0.2, 0.25) is 0 Å². The van der Waals surface area contributed by atoms with Crippen LogP contribution in [0, 0.1) is 6.92 Å². The molecule has 3 rings (SSSR count). The molecule has 16 heteroatoms. The van der Waals surface area contributed by atoms with Crippen LogP contribution < -0.4 is 11.2 Å². The zero-order chi connectivity index (χ0) is 25.3. The van der Waals surface area contributed by atoms with Crippen LogP contribution in [0.3, 0.4) is 0 Å². The van der Waals surface area contributed by atoms with Crippen molar-refractivity contribution < 1.29 is 47.6 Å². The van der Waals surface area contributed by atoms with E-state index in [1.165, 1.54) is 0 Å². The number of ether oxygens (including phenoxy) is 1. The second kappa shape index (κ2) is 10.3. The molecule has 0 spiro atoms. The van der Waals surface area contributed by atoms with Crippen molar-refractivity contribution in [3.05, 3.63) is 68.5 Å². The first kappa shape index (κ1) is 26.6. The Morgan fingerprint density at radius 3 is 2.44 bits per heavy atom. The lowest BCUT2D eigenvalue weighted by Gasteiger charge is -2.19. The van der Waals surface area contributed by atoms with Gasteiger partial charge in [0.05, 0.1) is 6.61 Å². The molecule has 14 nitrogen and oxygen atoms in total. The normalized spacial score (nSPS) is 24.8. The second-order valence-corrected chi connectivity index (χ2v) is 10.4. The van der Waals surface area contributed by atoms with Gasteiger partial charge in [0.1, 0.15) is 18.3 Å². The lowest BCUT2D eigenvalue weighted by molar-refractivity contribution is -0.0548. The molecular weight excluding hydrogens is 498 g/mol. The van der Waals surface area contributed by atoms with Crippen molar-refractivity contribution in [2.75, 3.05) is 6.61 Å². The number of phosphoric ester groups is 1. The number of nitrogens with zero attached hydrogens (tertiary/aromatic N) is 2. The molecule has 0 radical (unpaired) electrons. The van der Waals surface area contributed by atoms with Gasteiger partial charge in [0.15, 0.2) is 6.23 Å². The molecule has 188 valence electrons. The Morgan fingerprint density at radius 1 is 1.09 bits per heavy atom. The highest BCUT2D eigenvalue weighted by Crippen LogP contribution is 2.57. The topological polar surface area (TPSA) is 207 Å². The minimum Gasteiger partial charge on any atom is -0.387 e. The third kappa shape index (κ3) is 6.58. The molecule has 1 fully saturated rings. The van der Waals surface area contributed by atoms with E-state index >= 15 is 0 Å². The second-order valence-electron chi connectivity index (χ2n) is 7.62. The summed E-state index contributed by atoms with van der Waals surface area (Å²) >= 11 is 0. The van der Waals surface area contributed by atoms with Crippen molar-refractivity contribution in [3.63, 3.8) is 0 Å². The average molecular weight is 522 g/mol. The van der Waals surface area contributed by atoms with Crippen LogP contribution in [0.4, 0.5) is 0 Å². The van der Waals surface area contributed by atoms with E-state index in [4.69, 9.17) is 14.5 Å². The molecule has 34 heavy (non-hydrogen) atoms. The van der Waals surface area contributed by atoms with E-state index in [9.17, 15) is 33.8 Å². The maximum absolute atomic E-state index is 12.9. The Labute approximate surface area is 192 Å². The fourth-order valence-electron chi connectivity index (χ4n) is 3.46. The first-order chi connectivity index (χ1) is 15.8. The summed E-state index contributed by atoms with van der Waals surface area (Å²) in [5.41, 5.74) is 0.504. The smallest absolute Gasteiger partial charge is 0.387 e. The maximum Gasteiger partial charge on any atom is 0.481 e. The molecule has 0 amide bonds. The summed E-state index contributed by atoms with van der Waals surface area (Å²) in [6.45, 7) is 1.03. The predicted molar refractivity (Wildman–Crippen MR) is 115 cm³/mol. The van der Waals surface area contributed by atoms with Crippen LogP contribution in [0.25, 0.3) is 0 Å². The largest absolute Gasteiger partial charge is 0.481 e. The lowest BCUT2D eigenvalue weighted by atomic mass is 10.1. The Morgan fingerprint density at radius 2 is 1.79 bits per heavy atom. The zero-order valence-corrected chi connectivity index (χ0v) is 19.6. The highest BCUT2D eigenvalue weighted by Gasteiger charge is 2.45. The van der Waals surface area contributed by atoms with Gasteiger partial charge in [-0.05, 0) is 18.9 Å². The van der Waals surface area contributed by atoms with Crippen LogP contribution in [0.5, 0.6) is 0 Å². The first-order valence-corrected chi connectivity index (χ1v) is 12.9. The van der Waals surface area contributed by atoms with Crippen molar-refractivity contribution in [3.8, 4) is 0 Å². The van der Waals surface area contributed by atoms with Gasteiger partial charge in [0, 0.05) is 18.8 Å². The van der Waals surface area contributed by atoms with Crippen molar-refractivity contribution in [2.24, 2.45) is 0 Å². The van der Waals surface area contributed by atoms with Crippen LogP contribution in [0.15, 0.2) is 46.1 Å². The Bertz CT molecular complexity index is 1240. The summed E-state index contributed by atoms with van der Waals surface area (Å²) in [7, 11) is -10.6. The third-order valence-corrected chi connectivity index (χ3v) is 7.18. The molecule has 1 aromatic heterocycles. The molecule has 3 unspecified atom stereocenters. The quantitative estimate of drug-likeness (QED) is 0.262. The molecule has 1 saturated heterocycles. The highest BCUT2D eigenvalue weighted by atomic mass is 31.3. The fraction of sp³-hybridized carbons (Fsp3) is 0.444. The van der Waals surface area contributed by atoms with Crippen molar-refractivity contribution in [2.45, 2.75) is 44.4 Å². The van der Waals surface area contributed by atoms with E-state index in [1.807, 2.05) is 31.2 Å². The maximum atomic E-state index is 12.9. The molecule has 0 saturated carbocycles. The number of aryl methyl sites for hydroxylation is 2. The summed E-state index contributed by atoms with van der Waals surface area (Å²) in [5, 5.41) is 20.6. The van der Waals surface area contributed by atoms with Gasteiger partial charge < -0.3 is 29.6 Å². The fourth-order valence-corrected chi connectivity index (χ4v) is 5.06. The van der Waals surface area contributed by atoms with E-state index in [1.54, 1.807) is 0 Å². The molecular formula is C18H24N2O12P2.